The van der Waals surface area contributed by atoms with Gasteiger partial charge in [0.05, 0.1) is 5.39 Å². The molecule has 138 valence electrons. The molecular weight excluding hydrogens is 340 g/mol. The summed E-state index contributed by atoms with van der Waals surface area (Å²) in [5.41, 5.74) is 4.61. The summed E-state index contributed by atoms with van der Waals surface area (Å²) in [7, 11) is 0. The molecule has 0 aliphatic rings. The van der Waals surface area contributed by atoms with E-state index in [-0.39, 0.29) is 11.3 Å². The summed E-state index contributed by atoms with van der Waals surface area (Å²) in [6.45, 7) is 4.09. The summed E-state index contributed by atoms with van der Waals surface area (Å²) in [6.07, 6.45) is 1.60. The number of hydrogen-bond acceptors (Lipinski definition) is 4. The van der Waals surface area contributed by atoms with Gasteiger partial charge in [-0.05, 0) is 38.3 Å². The van der Waals surface area contributed by atoms with Crippen LogP contribution in [0.15, 0.2) is 64.5 Å². The SMILES string of the molecule is CCn1nc(C(=O)N/N=C(/C)CCc2ccccc2)c2ccccc2c1=O. The maximum Gasteiger partial charge on any atom is 0.292 e. The number of nitrogens with one attached hydrogen (secondary N) is 1. The second-order valence-corrected chi connectivity index (χ2v) is 6.29. The number of benzene rings is 2. The second kappa shape index (κ2) is 8.40. The topological polar surface area (TPSA) is 76.3 Å². The molecule has 1 aromatic heterocycles. The van der Waals surface area contributed by atoms with Crippen molar-refractivity contribution in [1.29, 1.82) is 0 Å². The molecule has 0 radical (unpaired) electrons. The highest BCUT2D eigenvalue weighted by Crippen LogP contribution is 2.13. The Bertz CT molecular complexity index is 1040. The number of hydrogen-bond donors (Lipinski definition) is 1. The van der Waals surface area contributed by atoms with Gasteiger partial charge < -0.3 is 0 Å². The van der Waals surface area contributed by atoms with Crippen LogP contribution < -0.4 is 11.0 Å². The van der Waals surface area contributed by atoms with Gasteiger partial charge >= 0.3 is 0 Å². The average molecular weight is 362 g/mol. The van der Waals surface area contributed by atoms with Gasteiger partial charge in [0.1, 0.15) is 0 Å². The van der Waals surface area contributed by atoms with Crippen molar-refractivity contribution in [3.05, 3.63) is 76.2 Å². The van der Waals surface area contributed by atoms with Crippen LogP contribution in [0.5, 0.6) is 0 Å². The van der Waals surface area contributed by atoms with E-state index in [1.165, 1.54) is 10.2 Å². The third-order valence-electron chi connectivity index (χ3n) is 4.35. The minimum Gasteiger partial charge on any atom is -0.267 e. The fourth-order valence-corrected chi connectivity index (χ4v) is 2.84. The quantitative estimate of drug-likeness (QED) is 0.540. The molecule has 0 spiro atoms. The number of carbonyl (C=O) groups is 1. The molecule has 3 aromatic rings. The van der Waals surface area contributed by atoms with E-state index in [4.69, 9.17) is 0 Å². The Hall–Kier alpha value is -3.28. The first-order valence-electron chi connectivity index (χ1n) is 8.97. The van der Waals surface area contributed by atoms with Crippen LogP contribution in [0.2, 0.25) is 0 Å². The molecule has 0 bridgehead atoms. The number of fused-ring (bicyclic) bond motifs is 1. The molecule has 1 amide bonds. The predicted octanol–water partition coefficient (Wildman–Crippen LogP) is 3.15. The lowest BCUT2D eigenvalue weighted by atomic mass is 10.1. The first kappa shape index (κ1) is 18.5. The molecule has 0 aliphatic carbocycles. The number of rotatable bonds is 6. The summed E-state index contributed by atoms with van der Waals surface area (Å²) in [5, 5.41) is 9.41. The van der Waals surface area contributed by atoms with E-state index in [2.05, 4.69) is 27.8 Å². The van der Waals surface area contributed by atoms with Crippen molar-refractivity contribution in [2.75, 3.05) is 0 Å². The van der Waals surface area contributed by atoms with Crippen molar-refractivity contribution in [3.8, 4) is 0 Å². The van der Waals surface area contributed by atoms with Gasteiger partial charge in [-0.3, -0.25) is 9.59 Å². The zero-order valence-corrected chi connectivity index (χ0v) is 15.5. The standard InChI is InChI=1S/C21H22N4O2/c1-3-25-21(27)18-12-8-7-11-17(18)19(24-25)20(26)23-22-15(2)13-14-16-9-5-4-6-10-16/h4-12H,3,13-14H2,1-2H3,(H,23,26)/b22-15-. The van der Waals surface area contributed by atoms with Gasteiger partial charge in [0.2, 0.25) is 0 Å². The van der Waals surface area contributed by atoms with Crippen LogP contribution in [-0.2, 0) is 13.0 Å². The average Bonchev–Trinajstić information content (AvgIpc) is 2.71. The summed E-state index contributed by atoms with van der Waals surface area (Å²) in [4.78, 5) is 25.0. The lowest BCUT2D eigenvalue weighted by Crippen LogP contribution is -2.28. The Morgan fingerprint density at radius 2 is 1.74 bits per heavy atom. The monoisotopic (exact) mass is 362 g/mol. The number of aryl methyl sites for hydroxylation is 2. The highest BCUT2D eigenvalue weighted by atomic mass is 16.2. The van der Waals surface area contributed by atoms with Gasteiger partial charge in [-0.2, -0.15) is 10.2 Å². The first-order chi connectivity index (χ1) is 13.1. The normalized spacial score (nSPS) is 11.6. The van der Waals surface area contributed by atoms with Crippen molar-refractivity contribution in [3.63, 3.8) is 0 Å². The second-order valence-electron chi connectivity index (χ2n) is 6.29. The van der Waals surface area contributed by atoms with Crippen molar-refractivity contribution in [2.45, 2.75) is 33.2 Å². The van der Waals surface area contributed by atoms with E-state index >= 15 is 0 Å². The molecule has 6 nitrogen and oxygen atoms in total. The number of hydrazone groups is 1. The van der Waals surface area contributed by atoms with Crippen LogP contribution in [0.1, 0.15) is 36.3 Å². The van der Waals surface area contributed by atoms with E-state index in [1.54, 1.807) is 24.3 Å². The zero-order chi connectivity index (χ0) is 19.2. The number of aromatic nitrogens is 2. The van der Waals surface area contributed by atoms with Crippen LogP contribution >= 0.6 is 0 Å². The van der Waals surface area contributed by atoms with Crippen molar-refractivity contribution < 1.29 is 4.79 Å². The van der Waals surface area contributed by atoms with E-state index in [0.717, 1.165) is 18.6 Å². The van der Waals surface area contributed by atoms with E-state index in [0.29, 0.717) is 17.3 Å². The third kappa shape index (κ3) is 4.28. The lowest BCUT2D eigenvalue weighted by molar-refractivity contribution is 0.0949. The number of carbonyl (C=O) groups excluding carboxylic acids is 1. The van der Waals surface area contributed by atoms with Gasteiger partial charge in [0.25, 0.3) is 11.5 Å². The molecule has 0 aliphatic heterocycles. The lowest BCUT2D eigenvalue weighted by Gasteiger charge is -2.09. The Kier molecular flexibility index (Phi) is 5.76. The summed E-state index contributed by atoms with van der Waals surface area (Å²) < 4.78 is 1.29. The fourth-order valence-electron chi connectivity index (χ4n) is 2.84. The molecule has 2 aromatic carbocycles. The van der Waals surface area contributed by atoms with Crippen LogP contribution in [0.25, 0.3) is 10.8 Å². The van der Waals surface area contributed by atoms with E-state index in [1.807, 2.05) is 32.0 Å². The van der Waals surface area contributed by atoms with Gasteiger partial charge in [0, 0.05) is 17.6 Å². The predicted molar refractivity (Wildman–Crippen MR) is 107 cm³/mol. The van der Waals surface area contributed by atoms with Gasteiger partial charge in [-0.15, -0.1) is 0 Å². The van der Waals surface area contributed by atoms with Crippen molar-refractivity contribution in [1.82, 2.24) is 15.2 Å². The van der Waals surface area contributed by atoms with Gasteiger partial charge in [-0.1, -0.05) is 48.5 Å². The minimum absolute atomic E-state index is 0.201. The Morgan fingerprint density at radius 3 is 2.44 bits per heavy atom. The largest absolute Gasteiger partial charge is 0.292 e. The molecule has 3 rings (SSSR count). The molecule has 1 heterocycles. The molecule has 6 heteroatoms. The molecular formula is C21H22N4O2. The highest BCUT2D eigenvalue weighted by molar-refractivity contribution is 6.05. The number of amides is 1. The molecule has 0 unspecified atom stereocenters. The van der Waals surface area contributed by atoms with Crippen molar-refractivity contribution >= 4 is 22.4 Å². The van der Waals surface area contributed by atoms with Crippen molar-refractivity contribution in [2.24, 2.45) is 5.10 Å². The molecule has 0 atom stereocenters. The zero-order valence-electron chi connectivity index (χ0n) is 15.5. The van der Waals surface area contributed by atoms with Crippen LogP contribution in [0.3, 0.4) is 0 Å². The molecule has 0 fully saturated rings. The third-order valence-corrected chi connectivity index (χ3v) is 4.35. The minimum atomic E-state index is -0.424. The van der Waals surface area contributed by atoms with E-state index < -0.39 is 5.91 Å². The maximum atomic E-state index is 12.6. The van der Waals surface area contributed by atoms with Gasteiger partial charge in [-0.25, -0.2) is 10.1 Å². The molecule has 0 saturated carbocycles. The molecule has 0 saturated heterocycles. The highest BCUT2D eigenvalue weighted by Gasteiger charge is 2.15. The molecule has 1 N–H and O–H groups in total. The summed E-state index contributed by atoms with van der Waals surface area (Å²) >= 11 is 0. The summed E-state index contributed by atoms with van der Waals surface area (Å²) in [5.74, 6) is -0.424. The molecule has 27 heavy (non-hydrogen) atoms. The maximum absolute atomic E-state index is 12.6. The number of nitrogens with zero attached hydrogens (tertiary/aromatic N) is 3. The smallest absolute Gasteiger partial charge is 0.267 e. The van der Waals surface area contributed by atoms with Crippen LogP contribution in [-0.4, -0.2) is 21.4 Å². The first-order valence-corrected chi connectivity index (χ1v) is 8.97. The Labute approximate surface area is 157 Å². The van der Waals surface area contributed by atoms with E-state index in [9.17, 15) is 9.59 Å². The van der Waals surface area contributed by atoms with Crippen LogP contribution in [0, 0.1) is 0 Å². The summed E-state index contributed by atoms with van der Waals surface area (Å²) in [6, 6.07) is 17.1. The fraction of sp³-hybridized carbons (Fsp3) is 0.238. The Morgan fingerprint density at radius 1 is 1.07 bits per heavy atom. The van der Waals surface area contributed by atoms with Crippen LogP contribution in [0.4, 0.5) is 0 Å². The van der Waals surface area contributed by atoms with Gasteiger partial charge in [0.15, 0.2) is 5.69 Å². The Balaban J connectivity index is 1.78.